The monoisotopic (exact) mass is 284 g/mol. The minimum Gasteiger partial charge on any atom is -0.457 e. The number of hydrogen-bond acceptors (Lipinski definition) is 5. The number of rotatable bonds is 4. The summed E-state index contributed by atoms with van der Waals surface area (Å²) in [5.41, 5.74) is 8.58. The van der Waals surface area contributed by atoms with Crippen LogP contribution in [0.2, 0.25) is 0 Å². The summed E-state index contributed by atoms with van der Waals surface area (Å²) < 4.78 is 30.1. The van der Waals surface area contributed by atoms with Crippen LogP contribution >= 0.6 is 0 Å². The molecule has 0 aliphatic carbocycles. The summed E-state index contributed by atoms with van der Waals surface area (Å²) in [6.07, 6.45) is 1.09. The number of hydrogen-bond donors (Lipinski definition) is 2. The number of carbonyl (C=O) groups is 1. The van der Waals surface area contributed by atoms with Gasteiger partial charge in [-0.05, 0) is 24.1 Å². The SMILES string of the molecule is Cc1c(C(CN)NS(C)(=O)=O)ccc2c1COC2=O. The first-order valence-corrected chi connectivity index (χ1v) is 7.69. The van der Waals surface area contributed by atoms with E-state index in [9.17, 15) is 13.2 Å². The van der Waals surface area contributed by atoms with Gasteiger partial charge in [-0.1, -0.05) is 6.07 Å². The molecule has 1 aliphatic rings. The molecule has 6 nitrogen and oxygen atoms in total. The summed E-state index contributed by atoms with van der Waals surface area (Å²) in [5, 5.41) is 0. The Hall–Kier alpha value is -1.44. The van der Waals surface area contributed by atoms with Gasteiger partial charge in [0.25, 0.3) is 0 Å². The second-order valence-corrected chi connectivity index (χ2v) is 6.34. The van der Waals surface area contributed by atoms with Crippen molar-refractivity contribution >= 4 is 16.0 Å². The van der Waals surface area contributed by atoms with Gasteiger partial charge in [0.2, 0.25) is 10.0 Å². The van der Waals surface area contributed by atoms with Crippen molar-refractivity contribution in [1.29, 1.82) is 0 Å². The van der Waals surface area contributed by atoms with E-state index in [2.05, 4.69) is 4.72 Å². The zero-order valence-corrected chi connectivity index (χ0v) is 11.6. The molecule has 7 heteroatoms. The van der Waals surface area contributed by atoms with Gasteiger partial charge < -0.3 is 10.5 Å². The molecule has 0 saturated carbocycles. The maximum Gasteiger partial charge on any atom is 0.338 e. The zero-order valence-electron chi connectivity index (χ0n) is 10.8. The first-order valence-electron chi connectivity index (χ1n) is 5.80. The predicted molar refractivity (Wildman–Crippen MR) is 70.1 cm³/mol. The van der Waals surface area contributed by atoms with Crippen LogP contribution in [-0.4, -0.2) is 27.2 Å². The second-order valence-electron chi connectivity index (χ2n) is 4.56. The van der Waals surface area contributed by atoms with Crippen LogP contribution in [0.3, 0.4) is 0 Å². The van der Waals surface area contributed by atoms with E-state index in [-0.39, 0.29) is 19.1 Å². The van der Waals surface area contributed by atoms with Crippen molar-refractivity contribution in [2.24, 2.45) is 5.73 Å². The molecule has 1 aromatic rings. The molecule has 0 fully saturated rings. The number of nitrogens with one attached hydrogen (secondary N) is 1. The van der Waals surface area contributed by atoms with Crippen LogP contribution in [0.15, 0.2) is 12.1 Å². The van der Waals surface area contributed by atoms with Gasteiger partial charge in [-0.3, -0.25) is 0 Å². The van der Waals surface area contributed by atoms with E-state index in [0.29, 0.717) is 5.56 Å². The lowest BCUT2D eigenvalue weighted by molar-refractivity contribution is 0.0535. The van der Waals surface area contributed by atoms with Crippen LogP contribution in [0.25, 0.3) is 0 Å². The molecule has 1 atom stereocenters. The van der Waals surface area contributed by atoms with Gasteiger partial charge in [-0.25, -0.2) is 17.9 Å². The highest BCUT2D eigenvalue weighted by Gasteiger charge is 2.26. The van der Waals surface area contributed by atoms with Gasteiger partial charge in [0.05, 0.1) is 17.9 Å². The molecule has 19 heavy (non-hydrogen) atoms. The summed E-state index contributed by atoms with van der Waals surface area (Å²) in [4.78, 5) is 11.4. The number of fused-ring (bicyclic) bond motifs is 1. The summed E-state index contributed by atoms with van der Waals surface area (Å²) in [6, 6.07) is 2.87. The van der Waals surface area contributed by atoms with Crippen molar-refractivity contribution in [3.63, 3.8) is 0 Å². The number of cyclic esters (lactones) is 1. The van der Waals surface area contributed by atoms with Crippen molar-refractivity contribution in [3.05, 3.63) is 34.4 Å². The highest BCUT2D eigenvalue weighted by atomic mass is 32.2. The number of nitrogens with two attached hydrogens (primary N) is 1. The molecule has 0 amide bonds. The molecule has 0 saturated heterocycles. The number of carbonyl (C=O) groups excluding carboxylic acids is 1. The normalized spacial score (nSPS) is 16.1. The highest BCUT2D eigenvalue weighted by molar-refractivity contribution is 7.88. The largest absolute Gasteiger partial charge is 0.457 e. The van der Waals surface area contributed by atoms with E-state index in [4.69, 9.17) is 10.5 Å². The number of sulfonamides is 1. The molecular weight excluding hydrogens is 268 g/mol. The van der Waals surface area contributed by atoms with E-state index in [0.717, 1.165) is 22.9 Å². The van der Waals surface area contributed by atoms with E-state index in [1.165, 1.54) is 0 Å². The average Bonchev–Trinajstić information content (AvgIpc) is 2.69. The van der Waals surface area contributed by atoms with Crippen molar-refractivity contribution in [1.82, 2.24) is 4.72 Å². The lowest BCUT2D eigenvalue weighted by atomic mass is 9.94. The van der Waals surface area contributed by atoms with Crippen LogP contribution in [0.4, 0.5) is 0 Å². The first kappa shape index (κ1) is 14.0. The van der Waals surface area contributed by atoms with Gasteiger partial charge in [0.1, 0.15) is 6.61 Å². The summed E-state index contributed by atoms with van der Waals surface area (Å²) in [5.74, 6) is -0.343. The third-order valence-corrected chi connectivity index (χ3v) is 3.89. The minimum atomic E-state index is -3.35. The lowest BCUT2D eigenvalue weighted by Gasteiger charge is -2.19. The maximum atomic E-state index is 11.4. The fourth-order valence-electron chi connectivity index (χ4n) is 2.24. The molecule has 1 aliphatic heterocycles. The molecule has 1 unspecified atom stereocenters. The number of esters is 1. The van der Waals surface area contributed by atoms with Gasteiger partial charge in [0.15, 0.2) is 0 Å². The molecule has 0 aromatic heterocycles. The Balaban J connectivity index is 2.43. The average molecular weight is 284 g/mol. The lowest BCUT2D eigenvalue weighted by Crippen LogP contribution is -2.33. The fourth-order valence-corrected chi connectivity index (χ4v) is 2.98. The molecule has 0 bridgehead atoms. The molecule has 2 rings (SSSR count). The van der Waals surface area contributed by atoms with Crippen LogP contribution in [-0.2, 0) is 21.4 Å². The minimum absolute atomic E-state index is 0.140. The van der Waals surface area contributed by atoms with Crippen molar-refractivity contribution in [2.75, 3.05) is 12.8 Å². The molecule has 1 heterocycles. The predicted octanol–water partition coefficient (Wildman–Crippen LogP) is 0.214. The Morgan fingerprint density at radius 1 is 1.47 bits per heavy atom. The summed E-state index contributed by atoms with van der Waals surface area (Å²) >= 11 is 0. The number of benzene rings is 1. The summed E-state index contributed by atoms with van der Waals surface area (Å²) in [6.45, 7) is 2.20. The van der Waals surface area contributed by atoms with Gasteiger partial charge >= 0.3 is 5.97 Å². The van der Waals surface area contributed by atoms with Gasteiger partial charge in [-0.15, -0.1) is 0 Å². The third-order valence-electron chi connectivity index (χ3n) is 3.18. The van der Waals surface area contributed by atoms with E-state index in [1.54, 1.807) is 12.1 Å². The van der Waals surface area contributed by atoms with Crippen LogP contribution in [0, 0.1) is 6.92 Å². The van der Waals surface area contributed by atoms with Crippen molar-refractivity contribution in [3.8, 4) is 0 Å². The van der Waals surface area contributed by atoms with Gasteiger partial charge in [-0.2, -0.15) is 0 Å². The van der Waals surface area contributed by atoms with Crippen LogP contribution in [0.1, 0.15) is 33.1 Å². The summed E-state index contributed by atoms with van der Waals surface area (Å²) in [7, 11) is -3.35. The Morgan fingerprint density at radius 3 is 2.74 bits per heavy atom. The number of ether oxygens (including phenoxy) is 1. The van der Waals surface area contributed by atoms with E-state index in [1.807, 2.05) is 6.92 Å². The maximum absolute atomic E-state index is 11.4. The molecule has 104 valence electrons. The van der Waals surface area contributed by atoms with Crippen LogP contribution in [0.5, 0.6) is 0 Å². The molecule has 0 radical (unpaired) electrons. The fraction of sp³-hybridized carbons (Fsp3) is 0.417. The Kier molecular flexibility index (Phi) is 3.62. The Labute approximate surface area is 112 Å². The molecular formula is C12H16N2O4S. The Bertz CT molecular complexity index is 625. The Morgan fingerprint density at radius 2 is 2.16 bits per heavy atom. The molecule has 1 aromatic carbocycles. The standard InChI is InChI=1S/C12H16N2O4S/c1-7-8(11(5-13)14-19(2,16)17)3-4-9-10(7)6-18-12(9)15/h3-4,11,14H,5-6,13H2,1-2H3. The van der Waals surface area contributed by atoms with E-state index < -0.39 is 16.1 Å². The quantitative estimate of drug-likeness (QED) is 0.770. The molecule has 0 spiro atoms. The topological polar surface area (TPSA) is 98.5 Å². The molecule has 3 N–H and O–H groups in total. The smallest absolute Gasteiger partial charge is 0.338 e. The van der Waals surface area contributed by atoms with Gasteiger partial charge in [0, 0.05) is 12.1 Å². The zero-order chi connectivity index (χ0) is 14.2. The van der Waals surface area contributed by atoms with Crippen molar-refractivity contribution < 1.29 is 17.9 Å². The van der Waals surface area contributed by atoms with Crippen molar-refractivity contribution in [2.45, 2.75) is 19.6 Å². The third kappa shape index (κ3) is 2.78. The van der Waals surface area contributed by atoms with E-state index >= 15 is 0 Å². The second kappa shape index (κ2) is 4.92. The highest BCUT2D eigenvalue weighted by Crippen LogP contribution is 2.28. The van der Waals surface area contributed by atoms with Crippen LogP contribution < -0.4 is 10.5 Å². The first-order chi connectivity index (χ1) is 8.83.